The topological polar surface area (TPSA) is 21.3 Å². The fourth-order valence-corrected chi connectivity index (χ4v) is 1.27. The molecule has 2 nitrogen and oxygen atoms in total. The molecule has 0 saturated carbocycles. The Bertz CT molecular complexity index is 357. The van der Waals surface area contributed by atoms with Gasteiger partial charge in [-0.3, -0.25) is 4.74 Å². The highest BCUT2D eigenvalue weighted by Gasteiger charge is 2.28. The zero-order valence-corrected chi connectivity index (χ0v) is 9.46. The first kappa shape index (κ1) is 13.4. The summed E-state index contributed by atoms with van der Waals surface area (Å²) in [5.74, 6) is 0. The minimum Gasteiger partial charge on any atom is -0.383 e. The van der Waals surface area contributed by atoms with Gasteiger partial charge in [-0.2, -0.15) is 0 Å². The maximum Gasteiger partial charge on any atom is 0.522 e. The van der Waals surface area contributed by atoms with Gasteiger partial charge >= 0.3 is 6.36 Å². The number of hydrogen-bond acceptors (Lipinski definition) is 2. The van der Waals surface area contributed by atoms with Crippen molar-refractivity contribution < 1.29 is 17.9 Å². The SMILES string of the molecule is FC(F)(F)OCCNc1ccc(Cl)c(Cl)c1. The minimum absolute atomic E-state index is 0.0253. The van der Waals surface area contributed by atoms with Crippen LogP contribution in [0.3, 0.4) is 0 Å². The molecule has 90 valence electrons. The minimum atomic E-state index is -4.60. The Balaban J connectivity index is 2.35. The summed E-state index contributed by atoms with van der Waals surface area (Å²) >= 11 is 11.4. The largest absolute Gasteiger partial charge is 0.522 e. The number of hydrogen-bond donors (Lipinski definition) is 1. The second-order valence-electron chi connectivity index (χ2n) is 2.85. The molecule has 0 fully saturated rings. The zero-order chi connectivity index (χ0) is 12.2. The Morgan fingerprint density at radius 3 is 2.44 bits per heavy atom. The summed E-state index contributed by atoms with van der Waals surface area (Å²) in [6.45, 7) is -0.443. The number of anilines is 1. The summed E-state index contributed by atoms with van der Waals surface area (Å²) < 4.78 is 38.4. The Hall–Kier alpha value is -0.650. The monoisotopic (exact) mass is 273 g/mol. The van der Waals surface area contributed by atoms with Crippen molar-refractivity contribution in [3.63, 3.8) is 0 Å². The van der Waals surface area contributed by atoms with Crippen LogP contribution in [0.25, 0.3) is 0 Å². The summed E-state index contributed by atoms with van der Waals surface area (Å²) in [5, 5.41) is 3.44. The first-order chi connectivity index (χ1) is 7.38. The molecule has 0 aromatic heterocycles. The molecule has 0 spiro atoms. The summed E-state index contributed by atoms with van der Waals surface area (Å²) in [7, 11) is 0. The molecule has 0 heterocycles. The van der Waals surface area contributed by atoms with Crippen molar-refractivity contribution in [3.8, 4) is 0 Å². The van der Waals surface area contributed by atoms with Gasteiger partial charge in [0.25, 0.3) is 0 Å². The van der Waals surface area contributed by atoms with Crippen LogP contribution in [0, 0.1) is 0 Å². The predicted octanol–water partition coefficient (Wildman–Crippen LogP) is 3.94. The van der Waals surface area contributed by atoms with Crippen molar-refractivity contribution in [2.75, 3.05) is 18.5 Å². The van der Waals surface area contributed by atoms with Gasteiger partial charge in [-0.05, 0) is 18.2 Å². The number of halogens is 5. The number of alkyl halides is 3. The van der Waals surface area contributed by atoms with Crippen molar-refractivity contribution >= 4 is 28.9 Å². The van der Waals surface area contributed by atoms with Gasteiger partial charge in [0.1, 0.15) is 0 Å². The van der Waals surface area contributed by atoms with E-state index in [-0.39, 0.29) is 6.54 Å². The van der Waals surface area contributed by atoms with E-state index in [0.29, 0.717) is 15.7 Å². The van der Waals surface area contributed by atoms with E-state index in [1.165, 1.54) is 6.07 Å². The van der Waals surface area contributed by atoms with Crippen LogP contribution >= 0.6 is 23.2 Å². The standard InChI is InChI=1S/C9H8Cl2F3NO/c10-7-2-1-6(5-8(7)11)15-3-4-16-9(12,13)14/h1-2,5,15H,3-4H2. The van der Waals surface area contributed by atoms with Crippen molar-refractivity contribution in [2.45, 2.75) is 6.36 Å². The van der Waals surface area contributed by atoms with E-state index in [1.807, 2.05) is 0 Å². The summed E-state index contributed by atoms with van der Waals surface area (Å²) in [6, 6.07) is 4.69. The lowest BCUT2D eigenvalue weighted by Gasteiger charge is -2.09. The van der Waals surface area contributed by atoms with Crippen molar-refractivity contribution in [3.05, 3.63) is 28.2 Å². The highest BCUT2D eigenvalue weighted by Crippen LogP contribution is 2.24. The molecule has 0 amide bonds. The highest BCUT2D eigenvalue weighted by molar-refractivity contribution is 6.42. The lowest BCUT2D eigenvalue weighted by atomic mass is 10.3. The molecule has 0 unspecified atom stereocenters. The molecular formula is C9H8Cl2F3NO. The fraction of sp³-hybridized carbons (Fsp3) is 0.333. The van der Waals surface area contributed by atoms with Crippen LogP contribution in [0.15, 0.2) is 18.2 Å². The molecule has 1 aromatic rings. The quantitative estimate of drug-likeness (QED) is 0.839. The van der Waals surface area contributed by atoms with Crippen molar-refractivity contribution in [1.29, 1.82) is 0 Å². The molecule has 0 saturated heterocycles. The normalized spacial score (nSPS) is 11.6. The second-order valence-corrected chi connectivity index (χ2v) is 3.66. The summed E-state index contributed by atoms with van der Waals surface area (Å²) in [4.78, 5) is 0. The van der Waals surface area contributed by atoms with E-state index in [1.54, 1.807) is 12.1 Å². The number of rotatable bonds is 4. The van der Waals surface area contributed by atoms with Gasteiger partial charge in [-0.15, -0.1) is 13.2 Å². The zero-order valence-electron chi connectivity index (χ0n) is 7.94. The van der Waals surface area contributed by atoms with Gasteiger partial charge in [0.15, 0.2) is 0 Å². The van der Waals surface area contributed by atoms with Crippen LogP contribution in [0.4, 0.5) is 18.9 Å². The summed E-state index contributed by atoms with van der Waals surface area (Å²) in [5.41, 5.74) is 0.583. The molecule has 0 atom stereocenters. The molecule has 1 N–H and O–H groups in total. The molecule has 0 aliphatic carbocycles. The summed E-state index contributed by atoms with van der Waals surface area (Å²) in [6.07, 6.45) is -4.60. The Morgan fingerprint density at radius 2 is 1.88 bits per heavy atom. The predicted molar refractivity (Wildman–Crippen MR) is 57.0 cm³/mol. The lowest BCUT2D eigenvalue weighted by Crippen LogP contribution is -2.19. The molecular weight excluding hydrogens is 266 g/mol. The van der Waals surface area contributed by atoms with Gasteiger partial charge in [0.2, 0.25) is 0 Å². The second kappa shape index (κ2) is 5.61. The van der Waals surface area contributed by atoms with E-state index < -0.39 is 13.0 Å². The van der Waals surface area contributed by atoms with Crippen LogP contribution in [0.2, 0.25) is 10.0 Å². The number of ether oxygens (including phenoxy) is 1. The first-order valence-corrected chi connectivity index (χ1v) is 5.04. The molecule has 1 rings (SSSR count). The average molecular weight is 274 g/mol. The van der Waals surface area contributed by atoms with Crippen molar-refractivity contribution in [2.24, 2.45) is 0 Å². The lowest BCUT2D eigenvalue weighted by molar-refractivity contribution is -0.322. The van der Waals surface area contributed by atoms with Gasteiger partial charge in [-0.1, -0.05) is 23.2 Å². The Labute approximate surface area is 100 Å². The molecule has 0 aliphatic heterocycles. The smallest absolute Gasteiger partial charge is 0.383 e. The fourth-order valence-electron chi connectivity index (χ4n) is 0.968. The van der Waals surface area contributed by atoms with Crippen LogP contribution in [-0.4, -0.2) is 19.5 Å². The van der Waals surface area contributed by atoms with E-state index in [4.69, 9.17) is 23.2 Å². The molecule has 7 heteroatoms. The average Bonchev–Trinajstić information content (AvgIpc) is 2.17. The molecule has 16 heavy (non-hydrogen) atoms. The van der Waals surface area contributed by atoms with E-state index in [0.717, 1.165) is 0 Å². The van der Waals surface area contributed by atoms with Crippen LogP contribution in [-0.2, 0) is 4.74 Å². The van der Waals surface area contributed by atoms with Crippen LogP contribution < -0.4 is 5.32 Å². The highest BCUT2D eigenvalue weighted by atomic mass is 35.5. The Kier molecular flexibility index (Phi) is 4.70. The third-order valence-corrected chi connectivity index (χ3v) is 2.36. The van der Waals surface area contributed by atoms with Gasteiger partial charge in [0, 0.05) is 12.2 Å². The van der Waals surface area contributed by atoms with Crippen LogP contribution in [0.1, 0.15) is 0 Å². The molecule has 0 radical (unpaired) electrons. The third-order valence-electron chi connectivity index (χ3n) is 1.62. The van der Waals surface area contributed by atoms with Gasteiger partial charge in [0.05, 0.1) is 16.7 Å². The molecule has 0 bridgehead atoms. The van der Waals surface area contributed by atoms with E-state index in [9.17, 15) is 13.2 Å². The Morgan fingerprint density at radius 1 is 1.19 bits per heavy atom. The maximum atomic E-state index is 11.6. The number of nitrogens with one attached hydrogen (secondary N) is 1. The van der Waals surface area contributed by atoms with Crippen molar-refractivity contribution in [1.82, 2.24) is 0 Å². The van der Waals surface area contributed by atoms with Crippen LogP contribution in [0.5, 0.6) is 0 Å². The number of benzene rings is 1. The molecule has 1 aromatic carbocycles. The maximum absolute atomic E-state index is 11.6. The molecule has 0 aliphatic rings. The van der Waals surface area contributed by atoms with E-state index in [2.05, 4.69) is 10.1 Å². The first-order valence-electron chi connectivity index (χ1n) is 4.28. The van der Waals surface area contributed by atoms with E-state index >= 15 is 0 Å². The third kappa shape index (κ3) is 4.92. The van der Waals surface area contributed by atoms with Gasteiger partial charge < -0.3 is 5.32 Å². The van der Waals surface area contributed by atoms with Gasteiger partial charge in [-0.25, -0.2) is 0 Å².